The van der Waals surface area contributed by atoms with Crippen LogP contribution in [0, 0.1) is 5.92 Å². The number of benzene rings is 1. The van der Waals surface area contributed by atoms with Crippen LogP contribution in [0.25, 0.3) is 10.1 Å². The second kappa shape index (κ2) is 10.2. The highest BCUT2D eigenvalue weighted by Crippen LogP contribution is 2.25. The molecule has 1 aliphatic heterocycles. The van der Waals surface area contributed by atoms with Crippen molar-refractivity contribution in [3.8, 4) is 0 Å². The Morgan fingerprint density at radius 3 is 2.29 bits per heavy atom. The third kappa shape index (κ3) is 5.61. The maximum absolute atomic E-state index is 13.2. The van der Waals surface area contributed by atoms with Gasteiger partial charge in [0.1, 0.15) is 12.1 Å². The molecule has 3 rings (SSSR count). The van der Waals surface area contributed by atoms with Crippen molar-refractivity contribution in [3.63, 3.8) is 0 Å². The number of aliphatic hydroxyl groups excluding tert-OH is 1. The highest BCUT2D eigenvalue weighted by Gasteiger charge is 2.31. The Morgan fingerprint density at radius 1 is 1.10 bits per heavy atom. The number of piperazine rings is 1. The van der Waals surface area contributed by atoms with Gasteiger partial charge in [0.25, 0.3) is 5.91 Å². The molecule has 1 aliphatic rings. The van der Waals surface area contributed by atoms with Gasteiger partial charge in [0.05, 0.1) is 11.5 Å². The van der Waals surface area contributed by atoms with E-state index in [0.717, 1.165) is 10.1 Å². The van der Waals surface area contributed by atoms with Crippen LogP contribution in [0.5, 0.6) is 0 Å². The van der Waals surface area contributed by atoms with Crippen molar-refractivity contribution in [1.82, 2.24) is 15.1 Å². The first kappa shape index (κ1) is 23.2. The van der Waals surface area contributed by atoms with E-state index in [-0.39, 0.29) is 23.6 Å². The van der Waals surface area contributed by atoms with Crippen molar-refractivity contribution >= 4 is 39.1 Å². The van der Waals surface area contributed by atoms with E-state index in [9.17, 15) is 14.4 Å². The third-order valence-corrected chi connectivity index (χ3v) is 6.49. The molecule has 2 aromatic rings. The summed E-state index contributed by atoms with van der Waals surface area (Å²) in [6.07, 6.45) is 0.532. The van der Waals surface area contributed by atoms with Crippen LogP contribution >= 0.6 is 11.3 Å². The summed E-state index contributed by atoms with van der Waals surface area (Å²) in [5.41, 5.74) is 5.61. The topological polar surface area (TPSA) is 116 Å². The second-order valence-corrected chi connectivity index (χ2v) is 9.33. The quantitative estimate of drug-likeness (QED) is 0.588. The first-order chi connectivity index (χ1) is 14.8. The predicted octanol–water partition coefficient (Wildman–Crippen LogP) is 1.04. The summed E-state index contributed by atoms with van der Waals surface area (Å²) in [7, 11) is 0. The lowest BCUT2D eigenvalue weighted by atomic mass is 10.0. The van der Waals surface area contributed by atoms with Crippen LogP contribution in [0.2, 0.25) is 0 Å². The van der Waals surface area contributed by atoms with Crippen LogP contribution in [0.3, 0.4) is 0 Å². The van der Waals surface area contributed by atoms with E-state index in [1.165, 1.54) is 11.3 Å². The van der Waals surface area contributed by atoms with E-state index in [4.69, 9.17) is 10.8 Å². The lowest BCUT2D eigenvalue weighted by Gasteiger charge is -2.37. The van der Waals surface area contributed by atoms with E-state index in [2.05, 4.69) is 5.32 Å². The molecule has 2 heterocycles. The van der Waals surface area contributed by atoms with E-state index < -0.39 is 18.7 Å². The standard InChI is InChI=1S/C22H30N4O4S/c1-14(2)11-17(24-20(28)19-12-15-5-3-4-6-18(15)31-19)22(30)26-9-7-25(8-10-26)21(29)16(23)13-27/h3-6,12,14,16-17,27H,7-11,13,23H2,1-2H3,(H,24,28)/t16-,17-/m1/s1. The molecule has 1 fully saturated rings. The second-order valence-electron chi connectivity index (χ2n) is 8.24. The number of fused-ring (bicyclic) bond motifs is 1. The normalized spacial score (nSPS) is 16.4. The number of thiophene rings is 1. The van der Waals surface area contributed by atoms with Gasteiger partial charge < -0.3 is 26.0 Å². The Bertz CT molecular complexity index is 903. The zero-order valence-corrected chi connectivity index (χ0v) is 18.7. The molecule has 1 aromatic carbocycles. The maximum Gasteiger partial charge on any atom is 0.262 e. The SMILES string of the molecule is CC(C)C[C@@H](NC(=O)c1cc2ccccc2s1)C(=O)N1CCN(C(=O)[C@H](N)CO)CC1. The molecule has 3 amide bonds. The summed E-state index contributed by atoms with van der Waals surface area (Å²) < 4.78 is 1.03. The summed E-state index contributed by atoms with van der Waals surface area (Å²) in [6, 6.07) is 8.08. The highest BCUT2D eigenvalue weighted by molar-refractivity contribution is 7.20. The molecule has 2 atom stereocenters. The number of aliphatic hydroxyl groups is 1. The first-order valence-corrected chi connectivity index (χ1v) is 11.3. The molecule has 0 saturated carbocycles. The Labute approximate surface area is 186 Å². The predicted molar refractivity (Wildman–Crippen MR) is 121 cm³/mol. The van der Waals surface area contributed by atoms with E-state index in [1.54, 1.807) is 9.80 Å². The molecule has 4 N–H and O–H groups in total. The lowest BCUT2D eigenvalue weighted by molar-refractivity contribution is -0.142. The average Bonchev–Trinajstić information content (AvgIpc) is 3.21. The number of nitrogens with one attached hydrogen (secondary N) is 1. The molecule has 0 aliphatic carbocycles. The molecular weight excluding hydrogens is 416 g/mol. The van der Waals surface area contributed by atoms with Gasteiger partial charge >= 0.3 is 0 Å². The smallest absolute Gasteiger partial charge is 0.262 e. The molecule has 0 unspecified atom stereocenters. The maximum atomic E-state index is 13.2. The Hall–Kier alpha value is -2.49. The van der Waals surface area contributed by atoms with E-state index in [0.29, 0.717) is 37.5 Å². The van der Waals surface area contributed by atoms with Gasteiger partial charge in [0.2, 0.25) is 11.8 Å². The van der Waals surface area contributed by atoms with Crippen LogP contribution in [0.4, 0.5) is 0 Å². The van der Waals surface area contributed by atoms with Crippen LogP contribution in [0.1, 0.15) is 29.9 Å². The summed E-state index contributed by atoms with van der Waals surface area (Å²) in [5.74, 6) is -0.474. The number of carbonyl (C=O) groups excluding carboxylic acids is 3. The Balaban J connectivity index is 1.65. The first-order valence-electron chi connectivity index (χ1n) is 10.5. The summed E-state index contributed by atoms with van der Waals surface area (Å²) in [6.45, 7) is 5.08. The number of hydrogen-bond acceptors (Lipinski definition) is 6. The molecule has 1 saturated heterocycles. The van der Waals surface area contributed by atoms with Crippen molar-refractivity contribution in [1.29, 1.82) is 0 Å². The fraction of sp³-hybridized carbons (Fsp3) is 0.500. The van der Waals surface area contributed by atoms with Gasteiger partial charge in [-0.25, -0.2) is 0 Å². The number of hydrogen-bond donors (Lipinski definition) is 3. The van der Waals surface area contributed by atoms with Gasteiger partial charge in [0.15, 0.2) is 0 Å². The number of carbonyl (C=O) groups is 3. The minimum absolute atomic E-state index is 0.137. The van der Waals surface area contributed by atoms with E-state index >= 15 is 0 Å². The number of rotatable bonds is 7. The van der Waals surface area contributed by atoms with Gasteiger partial charge in [-0.3, -0.25) is 14.4 Å². The fourth-order valence-electron chi connectivity index (χ4n) is 3.70. The zero-order valence-electron chi connectivity index (χ0n) is 17.9. The summed E-state index contributed by atoms with van der Waals surface area (Å²) in [5, 5.41) is 13.0. The van der Waals surface area contributed by atoms with Crippen molar-refractivity contribution in [2.24, 2.45) is 11.7 Å². The number of amides is 3. The van der Waals surface area contributed by atoms with Crippen LogP contribution in [0.15, 0.2) is 30.3 Å². The number of nitrogens with two attached hydrogens (primary N) is 1. The molecule has 8 nitrogen and oxygen atoms in total. The van der Waals surface area contributed by atoms with Crippen molar-refractivity contribution in [3.05, 3.63) is 35.2 Å². The summed E-state index contributed by atoms with van der Waals surface area (Å²) in [4.78, 5) is 42.0. The van der Waals surface area contributed by atoms with Crippen LogP contribution in [-0.4, -0.2) is 77.5 Å². The molecule has 1 aromatic heterocycles. The largest absolute Gasteiger partial charge is 0.394 e. The fourth-order valence-corrected chi connectivity index (χ4v) is 4.66. The van der Waals surface area contributed by atoms with E-state index in [1.807, 2.05) is 44.2 Å². The van der Waals surface area contributed by atoms with Crippen molar-refractivity contribution < 1.29 is 19.5 Å². The van der Waals surface area contributed by atoms with Gasteiger partial charge in [-0.2, -0.15) is 0 Å². The molecule has 0 bridgehead atoms. The number of nitrogens with zero attached hydrogens (tertiary/aromatic N) is 2. The monoisotopic (exact) mass is 446 g/mol. The molecular formula is C22H30N4O4S. The molecule has 0 spiro atoms. The van der Waals surface area contributed by atoms with Gasteiger partial charge in [-0.1, -0.05) is 32.0 Å². The van der Waals surface area contributed by atoms with Crippen LogP contribution < -0.4 is 11.1 Å². The molecule has 31 heavy (non-hydrogen) atoms. The Morgan fingerprint density at radius 2 is 1.71 bits per heavy atom. The van der Waals surface area contributed by atoms with Crippen molar-refractivity contribution in [2.45, 2.75) is 32.4 Å². The molecule has 168 valence electrons. The van der Waals surface area contributed by atoms with Gasteiger partial charge in [0, 0.05) is 30.9 Å². The average molecular weight is 447 g/mol. The third-order valence-electron chi connectivity index (χ3n) is 5.38. The summed E-state index contributed by atoms with van der Waals surface area (Å²) >= 11 is 1.41. The highest BCUT2D eigenvalue weighted by atomic mass is 32.1. The van der Waals surface area contributed by atoms with Gasteiger partial charge in [-0.05, 0) is 29.9 Å². The van der Waals surface area contributed by atoms with Gasteiger partial charge in [-0.15, -0.1) is 11.3 Å². The molecule has 0 radical (unpaired) electrons. The lowest BCUT2D eigenvalue weighted by Crippen LogP contribution is -2.58. The Kier molecular flexibility index (Phi) is 7.64. The minimum Gasteiger partial charge on any atom is -0.394 e. The molecule has 9 heteroatoms. The zero-order chi connectivity index (χ0) is 22.5. The minimum atomic E-state index is -0.934. The van der Waals surface area contributed by atoms with Crippen LogP contribution in [-0.2, 0) is 9.59 Å². The van der Waals surface area contributed by atoms with Crippen molar-refractivity contribution in [2.75, 3.05) is 32.8 Å².